The first kappa shape index (κ1) is 6.55. The van der Waals surface area contributed by atoms with Crippen molar-refractivity contribution in [3.05, 3.63) is 0 Å². The minimum absolute atomic E-state index is 0.132. The van der Waals surface area contributed by atoms with E-state index in [1.807, 2.05) is 0 Å². The monoisotopic (exact) mass is 145 g/mol. The molecule has 0 aliphatic carbocycles. The third kappa shape index (κ3) is 0.648. The second kappa shape index (κ2) is 1.92. The Hall–Kier alpha value is -0.150. The number of alkyl halides is 1. The van der Waals surface area contributed by atoms with Crippen molar-refractivity contribution in [2.75, 3.05) is 19.7 Å². The van der Waals surface area contributed by atoms with Crippen LogP contribution < -0.4 is 0 Å². The molecule has 0 amide bonds. The summed E-state index contributed by atoms with van der Waals surface area (Å²) in [6, 6.07) is 0. The summed E-state index contributed by atoms with van der Waals surface area (Å²) in [7, 11) is 0. The summed E-state index contributed by atoms with van der Waals surface area (Å²) in [6.07, 6.45) is 0.822. The van der Waals surface area contributed by atoms with Gasteiger partial charge in [-0.2, -0.15) is 0 Å². The molecule has 58 valence electrons. The van der Waals surface area contributed by atoms with Crippen molar-refractivity contribution >= 4 is 0 Å². The van der Waals surface area contributed by atoms with E-state index in [4.69, 9.17) is 5.11 Å². The van der Waals surface area contributed by atoms with Gasteiger partial charge in [-0.05, 0) is 6.42 Å². The molecule has 0 aromatic rings. The number of aliphatic hydroxyl groups excluding tert-OH is 1. The van der Waals surface area contributed by atoms with E-state index in [0.29, 0.717) is 13.0 Å². The Kier molecular flexibility index (Phi) is 1.26. The maximum absolute atomic E-state index is 12.7. The average Bonchev–Trinajstić information content (AvgIpc) is 2.11. The standard InChI is InChI=1S/C7H12FNO/c8-6-3-7(5-10)1-2-9(7)4-6/h6,10H,1-5H2/t6-,7-/m1/s1. The topological polar surface area (TPSA) is 23.5 Å². The summed E-state index contributed by atoms with van der Waals surface area (Å²) in [5, 5.41) is 8.96. The fraction of sp³-hybridized carbons (Fsp3) is 1.00. The fourth-order valence-electron chi connectivity index (χ4n) is 2.06. The molecule has 2 aliphatic rings. The molecule has 0 radical (unpaired) electrons. The van der Waals surface area contributed by atoms with Crippen molar-refractivity contribution in [1.82, 2.24) is 4.90 Å². The van der Waals surface area contributed by atoms with Gasteiger partial charge < -0.3 is 5.11 Å². The lowest BCUT2D eigenvalue weighted by molar-refractivity contribution is -0.0190. The number of halogens is 1. The van der Waals surface area contributed by atoms with Crippen molar-refractivity contribution in [2.24, 2.45) is 0 Å². The lowest BCUT2D eigenvalue weighted by Gasteiger charge is -2.46. The molecule has 0 aromatic heterocycles. The number of nitrogens with zero attached hydrogens (tertiary/aromatic N) is 1. The first-order chi connectivity index (χ1) is 4.77. The van der Waals surface area contributed by atoms with Gasteiger partial charge in [0.05, 0.1) is 6.61 Å². The summed E-state index contributed by atoms with van der Waals surface area (Å²) in [4.78, 5) is 2.05. The number of hydrogen-bond acceptors (Lipinski definition) is 2. The fourth-order valence-corrected chi connectivity index (χ4v) is 2.06. The van der Waals surface area contributed by atoms with E-state index < -0.39 is 6.17 Å². The lowest BCUT2D eigenvalue weighted by Crippen LogP contribution is -2.57. The van der Waals surface area contributed by atoms with Crippen molar-refractivity contribution < 1.29 is 9.50 Å². The van der Waals surface area contributed by atoms with Gasteiger partial charge in [0, 0.05) is 25.0 Å². The van der Waals surface area contributed by atoms with Crippen LogP contribution in [0.5, 0.6) is 0 Å². The molecule has 2 rings (SSSR count). The highest BCUT2D eigenvalue weighted by molar-refractivity contribution is 5.06. The van der Waals surface area contributed by atoms with Crippen molar-refractivity contribution in [3.63, 3.8) is 0 Å². The SMILES string of the molecule is OC[C@]12CCN1C[C@H](F)C2. The molecule has 0 unspecified atom stereocenters. The van der Waals surface area contributed by atoms with Crippen LogP contribution in [0.4, 0.5) is 4.39 Å². The second-order valence-electron chi connectivity index (χ2n) is 3.38. The Morgan fingerprint density at radius 3 is 2.80 bits per heavy atom. The van der Waals surface area contributed by atoms with Crippen LogP contribution in [0.1, 0.15) is 12.8 Å². The molecular weight excluding hydrogens is 133 g/mol. The minimum Gasteiger partial charge on any atom is -0.394 e. The molecule has 2 saturated heterocycles. The van der Waals surface area contributed by atoms with E-state index in [9.17, 15) is 4.39 Å². The molecule has 2 nitrogen and oxygen atoms in total. The van der Waals surface area contributed by atoms with E-state index in [-0.39, 0.29) is 12.1 Å². The van der Waals surface area contributed by atoms with Crippen LogP contribution in [-0.2, 0) is 0 Å². The zero-order chi connectivity index (χ0) is 7.19. The first-order valence-electron chi connectivity index (χ1n) is 3.77. The second-order valence-corrected chi connectivity index (χ2v) is 3.38. The summed E-state index contributed by atoms with van der Waals surface area (Å²) in [6.45, 7) is 1.65. The molecule has 0 spiro atoms. The van der Waals surface area contributed by atoms with Crippen LogP contribution in [-0.4, -0.2) is 41.4 Å². The van der Waals surface area contributed by atoms with Crippen LogP contribution in [0.2, 0.25) is 0 Å². The first-order valence-corrected chi connectivity index (χ1v) is 3.77. The number of hydrogen-bond donors (Lipinski definition) is 1. The zero-order valence-corrected chi connectivity index (χ0v) is 5.89. The third-order valence-electron chi connectivity index (χ3n) is 2.83. The number of fused-ring (bicyclic) bond motifs is 1. The molecule has 3 heteroatoms. The van der Waals surface area contributed by atoms with Gasteiger partial charge in [0.2, 0.25) is 0 Å². The van der Waals surface area contributed by atoms with E-state index in [1.54, 1.807) is 0 Å². The molecule has 0 saturated carbocycles. The average molecular weight is 145 g/mol. The van der Waals surface area contributed by atoms with Crippen LogP contribution in [0.3, 0.4) is 0 Å². The lowest BCUT2D eigenvalue weighted by atomic mass is 9.86. The molecule has 2 aliphatic heterocycles. The van der Waals surface area contributed by atoms with Gasteiger partial charge in [-0.15, -0.1) is 0 Å². The Bertz CT molecular complexity index is 149. The van der Waals surface area contributed by atoms with E-state index >= 15 is 0 Å². The van der Waals surface area contributed by atoms with Gasteiger partial charge >= 0.3 is 0 Å². The van der Waals surface area contributed by atoms with Gasteiger partial charge in [-0.25, -0.2) is 4.39 Å². The minimum atomic E-state index is -0.699. The van der Waals surface area contributed by atoms with Crippen molar-refractivity contribution in [3.8, 4) is 0 Å². The normalized spacial score (nSPS) is 46.8. The Labute approximate surface area is 59.6 Å². The van der Waals surface area contributed by atoms with E-state index in [2.05, 4.69) is 4.90 Å². The summed E-state index contributed by atoms with van der Waals surface area (Å²) < 4.78 is 12.7. The molecule has 2 fully saturated rings. The van der Waals surface area contributed by atoms with Gasteiger partial charge in [0.25, 0.3) is 0 Å². The third-order valence-corrected chi connectivity index (χ3v) is 2.83. The molecule has 2 heterocycles. The molecule has 2 atom stereocenters. The highest BCUT2D eigenvalue weighted by Crippen LogP contribution is 2.40. The smallest absolute Gasteiger partial charge is 0.115 e. The highest BCUT2D eigenvalue weighted by atomic mass is 19.1. The Balaban J connectivity index is 2.10. The summed E-state index contributed by atoms with van der Waals surface area (Å²) >= 11 is 0. The van der Waals surface area contributed by atoms with Gasteiger partial charge in [0.15, 0.2) is 0 Å². The molecule has 1 N–H and O–H groups in total. The van der Waals surface area contributed by atoms with E-state index in [0.717, 1.165) is 13.0 Å². The molecule has 0 aromatic carbocycles. The Morgan fingerprint density at radius 2 is 2.50 bits per heavy atom. The highest BCUT2D eigenvalue weighted by Gasteiger charge is 2.51. The maximum Gasteiger partial charge on any atom is 0.115 e. The van der Waals surface area contributed by atoms with Crippen molar-refractivity contribution in [1.29, 1.82) is 0 Å². The van der Waals surface area contributed by atoms with Crippen LogP contribution in [0, 0.1) is 0 Å². The zero-order valence-electron chi connectivity index (χ0n) is 5.89. The summed E-state index contributed by atoms with van der Waals surface area (Å²) in [5.74, 6) is 0. The number of rotatable bonds is 1. The van der Waals surface area contributed by atoms with Crippen LogP contribution in [0.15, 0.2) is 0 Å². The predicted octanol–water partition coefficient (Wildman–Crippen LogP) is 0.165. The van der Waals surface area contributed by atoms with Crippen LogP contribution in [0.25, 0.3) is 0 Å². The molecule has 0 bridgehead atoms. The Morgan fingerprint density at radius 1 is 1.70 bits per heavy atom. The van der Waals surface area contributed by atoms with Crippen LogP contribution >= 0.6 is 0 Å². The molecule has 10 heavy (non-hydrogen) atoms. The van der Waals surface area contributed by atoms with Gasteiger partial charge in [-0.1, -0.05) is 0 Å². The molecular formula is C7H12FNO. The quantitative estimate of drug-likeness (QED) is 0.568. The maximum atomic E-state index is 12.7. The number of aliphatic hydroxyl groups is 1. The van der Waals surface area contributed by atoms with Gasteiger partial charge in [-0.3, -0.25) is 4.90 Å². The summed E-state index contributed by atoms with van der Waals surface area (Å²) in [5.41, 5.74) is -0.139. The van der Waals surface area contributed by atoms with Crippen molar-refractivity contribution in [2.45, 2.75) is 24.6 Å². The largest absolute Gasteiger partial charge is 0.394 e. The van der Waals surface area contributed by atoms with E-state index in [1.165, 1.54) is 0 Å². The predicted molar refractivity (Wildman–Crippen MR) is 35.5 cm³/mol. The van der Waals surface area contributed by atoms with Gasteiger partial charge in [0.1, 0.15) is 6.17 Å².